The third kappa shape index (κ3) is 5.99. The van der Waals surface area contributed by atoms with Crippen LogP contribution in [0.2, 0.25) is 0 Å². The minimum atomic E-state index is -2.86. The molecule has 7 heteroatoms. The van der Waals surface area contributed by atoms with Crippen molar-refractivity contribution in [1.82, 2.24) is 5.32 Å². The van der Waals surface area contributed by atoms with E-state index in [-0.39, 0.29) is 24.3 Å². The summed E-state index contributed by atoms with van der Waals surface area (Å²) in [6, 6.07) is 16.1. The fourth-order valence-corrected chi connectivity index (χ4v) is 4.26. The zero-order chi connectivity index (χ0) is 20.1. The van der Waals surface area contributed by atoms with E-state index in [1.54, 1.807) is 6.07 Å². The molecule has 4 nitrogen and oxygen atoms in total. The lowest BCUT2D eigenvalue weighted by Gasteiger charge is -2.35. The minimum Gasteiger partial charge on any atom is -0.486 e. The molecule has 1 saturated heterocycles. The van der Waals surface area contributed by atoms with Gasteiger partial charge >= 0.3 is 6.61 Å². The van der Waals surface area contributed by atoms with Crippen LogP contribution in [0.3, 0.4) is 0 Å². The molecular formula is C23H29ClF2N2O2. The maximum Gasteiger partial charge on any atom is 0.387 e. The molecule has 30 heavy (non-hydrogen) atoms. The molecule has 1 atom stereocenters. The topological polar surface area (TPSA) is 33.7 Å². The van der Waals surface area contributed by atoms with Crippen LogP contribution in [0.5, 0.6) is 11.5 Å². The van der Waals surface area contributed by atoms with Crippen molar-refractivity contribution in [2.24, 2.45) is 0 Å². The number of nitrogens with zero attached hydrogens (tertiary/aromatic N) is 1. The normalized spacial score (nSPS) is 19.6. The van der Waals surface area contributed by atoms with Crippen LogP contribution in [-0.2, 0) is 6.42 Å². The van der Waals surface area contributed by atoms with Gasteiger partial charge in [-0.3, -0.25) is 0 Å². The van der Waals surface area contributed by atoms with E-state index in [9.17, 15) is 8.78 Å². The smallest absolute Gasteiger partial charge is 0.387 e. The molecule has 2 aromatic rings. The largest absolute Gasteiger partial charge is 0.486 e. The quantitative estimate of drug-likeness (QED) is 0.655. The number of nitrogens with one attached hydrogen (secondary N) is 1. The van der Waals surface area contributed by atoms with Crippen molar-refractivity contribution >= 4 is 18.1 Å². The Morgan fingerprint density at radius 1 is 1.03 bits per heavy atom. The maximum atomic E-state index is 12.8. The summed E-state index contributed by atoms with van der Waals surface area (Å²) in [6.07, 6.45) is 5.20. The highest BCUT2D eigenvalue weighted by molar-refractivity contribution is 5.85. The number of hydrogen-bond donors (Lipinski definition) is 1. The molecule has 164 valence electrons. The van der Waals surface area contributed by atoms with Gasteiger partial charge in [-0.15, -0.1) is 12.4 Å². The standard InChI is InChI=1S/C23H28F2N2O2.ClH/c24-23(25)29-21-11-10-19(15-22(21)28-20-8-4-5-9-20)27-13-12-26-18(16-27)14-17-6-2-1-3-7-17;/h1-3,6-7,10-11,15,18,20,23,26H,4-5,8-9,12-14,16H2;1H. The molecule has 2 fully saturated rings. The van der Waals surface area contributed by atoms with Crippen LogP contribution in [0.1, 0.15) is 31.2 Å². The molecule has 0 spiro atoms. The Morgan fingerprint density at radius 3 is 2.53 bits per heavy atom. The summed E-state index contributed by atoms with van der Waals surface area (Å²) in [7, 11) is 0. The molecule has 2 aliphatic rings. The molecule has 0 bridgehead atoms. The van der Waals surface area contributed by atoms with Crippen molar-refractivity contribution in [2.75, 3.05) is 24.5 Å². The molecule has 1 heterocycles. The van der Waals surface area contributed by atoms with Gasteiger partial charge in [0.1, 0.15) is 0 Å². The SMILES string of the molecule is Cl.FC(F)Oc1ccc(N2CCNC(Cc3ccccc3)C2)cc1OC1CCCC1. The number of halogens is 3. The monoisotopic (exact) mass is 438 g/mol. The van der Waals surface area contributed by atoms with Crippen molar-refractivity contribution in [3.63, 3.8) is 0 Å². The summed E-state index contributed by atoms with van der Waals surface area (Å²) in [4.78, 5) is 2.29. The summed E-state index contributed by atoms with van der Waals surface area (Å²) in [5.41, 5.74) is 2.29. The Labute approximate surface area is 183 Å². The molecule has 0 amide bonds. The summed E-state index contributed by atoms with van der Waals surface area (Å²) in [6.45, 7) is -0.261. The number of rotatable bonds is 7. The average Bonchev–Trinajstić information content (AvgIpc) is 3.23. The Kier molecular flexibility index (Phi) is 8.16. The van der Waals surface area contributed by atoms with Gasteiger partial charge in [0.15, 0.2) is 11.5 Å². The van der Waals surface area contributed by atoms with Crippen molar-refractivity contribution in [1.29, 1.82) is 0 Å². The van der Waals surface area contributed by atoms with Gasteiger partial charge in [-0.1, -0.05) is 30.3 Å². The van der Waals surface area contributed by atoms with Crippen LogP contribution in [0, 0.1) is 0 Å². The second kappa shape index (κ2) is 10.8. The van der Waals surface area contributed by atoms with E-state index in [2.05, 4.69) is 34.5 Å². The molecule has 1 aliphatic heterocycles. The van der Waals surface area contributed by atoms with Crippen LogP contribution >= 0.6 is 12.4 Å². The zero-order valence-corrected chi connectivity index (χ0v) is 17.8. The molecule has 1 unspecified atom stereocenters. The maximum absolute atomic E-state index is 12.8. The van der Waals surface area contributed by atoms with E-state index in [0.717, 1.165) is 57.4 Å². The third-order valence-corrected chi connectivity index (χ3v) is 5.68. The second-order valence-corrected chi connectivity index (χ2v) is 7.82. The van der Waals surface area contributed by atoms with Gasteiger partial charge in [0, 0.05) is 37.4 Å². The third-order valence-electron chi connectivity index (χ3n) is 5.68. The Morgan fingerprint density at radius 2 is 1.80 bits per heavy atom. The lowest BCUT2D eigenvalue weighted by atomic mass is 10.0. The van der Waals surface area contributed by atoms with E-state index in [4.69, 9.17) is 9.47 Å². The van der Waals surface area contributed by atoms with Crippen molar-refractivity contribution in [3.05, 3.63) is 54.1 Å². The van der Waals surface area contributed by atoms with Crippen LogP contribution in [-0.4, -0.2) is 38.4 Å². The van der Waals surface area contributed by atoms with Gasteiger partial charge in [-0.2, -0.15) is 8.78 Å². The molecule has 1 aliphatic carbocycles. The van der Waals surface area contributed by atoms with Crippen LogP contribution in [0.15, 0.2) is 48.5 Å². The van der Waals surface area contributed by atoms with Crippen LogP contribution in [0.25, 0.3) is 0 Å². The lowest BCUT2D eigenvalue weighted by Crippen LogP contribution is -2.51. The summed E-state index contributed by atoms with van der Waals surface area (Å²) in [5, 5.41) is 3.58. The number of hydrogen-bond acceptors (Lipinski definition) is 4. The van der Waals surface area contributed by atoms with Gasteiger partial charge in [-0.25, -0.2) is 0 Å². The number of alkyl halides is 2. The fourth-order valence-electron chi connectivity index (χ4n) is 4.26. The van der Waals surface area contributed by atoms with Gasteiger partial charge in [0.25, 0.3) is 0 Å². The van der Waals surface area contributed by atoms with Gasteiger partial charge in [0.2, 0.25) is 0 Å². The van der Waals surface area contributed by atoms with E-state index in [1.807, 2.05) is 18.2 Å². The molecule has 0 radical (unpaired) electrons. The summed E-state index contributed by atoms with van der Waals surface area (Å²) in [5.74, 6) is 0.541. The Bertz CT molecular complexity index is 788. The average molecular weight is 439 g/mol. The predicted molar refractivity (Wildman–Crippen MR) is 117 cm³/mol. The van der Waals surface area contributed by atoms with Gasteiger partial charge in [-0.05, 0) is 49.8 Å². The molecule has 0 aromatic heterocycles. The van der Waals surface area contributed by atoms with E-state index >= 15 is 0 Å². The van der Waals surface area contributed by atoms with E-state index in [0.29, 0.717) is 11.8 Å². The molecule has 1 N–H and O–H groups in total. The zero-order valence-electron chi connectivity index (χ0n) is 16.9. The highest BCUT2D eigenvalue weighted by atomic mass is 35.5. The number of benzene rings is 2. The van der Waals surface area contributed by atoms with Crippen molar-refractivity contribution in [2.45, 2.75) is 50.9 Å². The molecule has 1 saturated carbocycles. The van der Waals surface area contributed by atoms with Crippen LogP contribution in [0.4, 0.5) is 14.5 Å². The first-order valence-electron chi connectivity index (χ1n) is 10.4. The molecule has 4 rings (SSSR count). The second-order valence-electron chi connectivity index (χ2n) is 7.82. The van der Waals surface area contributed by atoms with Gasteiger partial charge in [0.05, 0.1) is 6.10 Å². The van der Waals surface area contributed by atoms with Crippen molar-refractivity contribution < 1.29 is 18.3 Å². The lowest BCUT2D eigenvalue weighted by molar-refractivity contribution is -0.0520. The number of ether oxygens (including phenoxy) is 2. The summed E-state index contributed by atoms with van der Waals surface area (Å²) >= 11 is 0. The number of piperazine rings is 1. The van der Waals surface area contributed by atoms with Crippen molar-refractivity contribution in [3.8, 4) is 11.5 Å². The van der Waals surface area contributed by atoms with E-state index < -0.39 is 6.61 Å². The first-order valence-corrected chi connectivity index (χ1v) is 10.4. The Hall–Kier alpha value is -2.05. The molecule has 2 aromatic carbocycles. The highest BCUT2D eigenvalue weighted by Gasteiger charge is 2.23. The Balaban J connectivity index is 0.00000256. The number of anilines is 1. The van der Waals surface area contributed by atoms with E-state index in [1.165, 1.54) is 5.56 Å². The predicted octanol–water partition coefficient (Wildman–Crippen LogP) is 5.05. The summed E-state index contributed by atoms with van der Waals surface area (Å²) < 4.78 is 36.4. The highest BCUT2D eigenvalue weighted by Crippen LogP contribution is 2.36. The van der Waals surface area contributed by atoms with Gasteiger partial charge < -0.3 is 19.7 Å². The minimum absolute atomic E-state index is 0. The fraction of sp³-hybridized carbons (Fsp3) is 0.478. The first kappa shape index (κ1) is 22.6. The van der Waals surface area contributed by atoms with Crippen LogP contribution < -0.4 is 19.7 Å². The molecular weight excluding hydrogens is 410 g/mol. The first-order chi connectivity index (χ1) is 14.2.